The quantitative estimate of drug-likeness (QED) is 0.886. The zero-order valence-corrected chi connectivity index (χ0v) is 11.2. The molecular formula is C15H22FNO. The smallest absolute Gasteiger partial charge is 0.123 e. The van der Waals surface area contributed by atoms with Gasteiger partial charge in [0, 0.05) is 18.7 Å². The Bertz CT molecular complexity index is 365. The molecule has 1 aromatic rings. The summed E-state index contributed by atoms with van der Waals surface area (Å²) < 4.78 is 18.4. The summed E-state index contributed by atoms with van der Waals surface area (Å²) in [5, 5.41) is 3.69. The van der Waals surface area contributed by atoms with Gasteiger partial charge in [-0.3, -0.25) is 0 Å². The number of ether oxygens (including phenoxy) is 1. The molecule has 18 heavy (non-hydrogen) atoms. The Labute approximate surface area is 109 Å². The third kappa shape index (κ3) is 3.30. The highest BCUT2D eigenvalue weighted by Crippen LogP contribution is 2.22. The first-order valence-corrected chi connectivity index (χ1v) is 6.80. The molecule has 1 N–H and O–H groups in total. The number of nitrogens with one attached hydrogen (secondary N) is 1. The molecule has 0 spiro atoms. The minimum absolute atomic E-state index is 0.173. The molecule has 0 amide bonds. The van der Waals surface area contributed by atoms with Crippen LogP contribution < -0.4 is 5.32 Å². The first-order chi connectivity index (χ1) is 8.70. The van der Waals surface area contributed by atoms with Gasteiger partial charge in [0.15, 0.2) is 0 Å². The van der Waals surface area contributed by atoms with Crippen molar-refractivity contribution < 1.29 is 9.13 Å². The lowest BCUT2D eigenvalue weighted by molar-refractivity contribution is 0.0355. The molecule has 1 saturated heterocycles. The van der Waals surface area contributed by atoms with E-state index in [1.54, 1.807) is 0 Å². The van der Waals surface area contributed by atoms with E-state index < -0.39 is 0 Å². The van der Waals surface area contributed by atoms with Crippen LogP contribution in [0.1, 0.15) is 38.3 Å². The van der Waals surface area contributed by atoms with Gasteiger partial charge >= 0.3 is 0 Å². The fourth-order valence-corrected chi connectivity index (χ4v) is 2.53. The maximum atomic E-state index is 12.9. The number of halogens is 1. The molecule has 2 rings (SSSR count). The van der Waals surface area contributed by atoms with E-state index in [9.17, 15) is 4.39 Å². The molecule has 0 saturated carbocycles. The fraction of sp³-hybridized carbons (Fsp3) is 0.600. The van der Waals surface area contributed by atoms with Gasteiger partial charge in [-0.15, -0.1) is 0 Å². The van der Waals surface area contributed by atoms with Gasteiger partial charge in [-0.1, -0.05) is 26.0 Å². The largest absolute Gasteiger partial charge is 0.381 e. The Balaban J connectivity index is 2.02. The molecule has 2 nitrogen and oxygen atoms in total. The van der Waals surface area contributed by atoms with Crippen molar-refractivity contribution in [3.63, 3.8) is 0 Å². The van der Waals surface area contributed by atoms with Crippen molar-refractivity contribution in [3.05, 3.63) is 35.6 Å². The van der Waals surface area contributed by atoms with E-state index in [1.807, 2.05) is 12.1 Å². The Morgan fingerprint density at radius 1 is 1.39 bits per heavy atom. The van der Waals surface area contributed by atoms with Crippen LogP contribution in [-0.4, -0.2) is 19.3 Å². The SMILES string of the molecule is CCC(NC1CCOCC1C)c1ccc(F)cc1. The van der Waals surface area contributed by atoms with E-state index in [1.165, 1.54) is 12.1 Å². The molecule has 1 aliphatic rings. The normalized spacial score (nSPS) is 25.9. The molecule has 0 aromatic heterocycles. The zero-order chi connectivity index (χ0) is 13.0. The molecule has 3 heteroatoms. The van der Waals surface area contributed by atoms with E-state index in [-0.39, 0.29) is 5.82 Å². The lowest BCUT2D eigenvalue weighted by Crippen LogP contribution is -2.43. The molecule has 0 bridgehead atoms. The summed E-state index contributed by atoms with van der Waals surface area (Å²) in [6.07, 6.45) is 2.06. The molecular weight excluding hydrogens is 229 g/mol. The van der Waals surface area contributed by atoms with Crippen molar-refractivity contribution in [2.45, 2.75) is 38.8 Å². The van der Waals surface area contributed by atoms with Crippen LogP contribution in [0.5, 0.6) is 0 Å². The maximum absolute atomic E-state index is 12.9. The Morgan fingerprint density at radius 3 is 2.72 bits per heavy atom. The lowest BCUT2D eigenvalue weighted by atomic mass is 9.95. The van der Waals surface area contributed by atoms with E-state index in [0.717, 1.165) is 31.6 Å². The summed E-state index contributed by atoms with van der Waals surface area (Å²) in [6, 6.07) is 7.62. The third-order valence-corrected chi connectivity index (χ3v) is 3.74. The second-order valence-corrected chi connectivity index (χ2v) is 5.13. The number of hydrogen-bond donors (Lipinski definition) is 1. The summed E-state index contributed by atoms with van der Waals surface area (Å²) in [5.41, 5.74) is 1.16. The van der Waals surface area contributed by atoms with Gasteiger partial charge in [-0.25, -0.2) is 4.39 Å². The molecule has 100 valence electrons. The van der Waals surface area contributed by atoms with Crippen molar-refractivity contribution in [2.75, 3.05) is 13.2 Å². The average molecular weight is 251 g/mol. The van der Waals surface area contributed by atoms with Gasteiger partial charge in [0.2, 0.25) is 0 Å². The molecule has 0 radical (unpaired) electrons. The van der Waals surface area contributed by atoms with Crippen LogP contribution in [0, 0.1) is 11.7 Å². The van der Waals surface area contributed by atoms with Gasteiger partial charge in [0.05, 0.1) is 6.61 Å². The average Bonchev–Trinajstić information content (AvgIpc) is 2.39. The summed E-state index contributed by atoms with van der Waals surface area (Å²) in [5.74, 6) is 0.362. The van der Waals surface area contributed by atoms with Crippen LogP contribution in [-0.2, 0) is 4.74 Å². The Morgan fingerprint density at radius 2 is 2.11 bits per heavy atom. The third-order valence-electron chi connectivity index (χ3n) is 3.74. The summed E-state index contributed by atoms with van der Waals surface area (Å²) in [6.45, 7) is 6.04. The molecule has 3 atom stereocenters. The second-order valence-electron chi connectivity index (χ2n) is 5.13. The van der Waals surface area contributed by atoms with Crippen molar-refractivity contribution in [2.24, 2.45) is 5.92 Å². The van der Waals surface area contributed by atoms with Crippen LogP contribution in [0.4, 0.5) is 4.39 Å². The van der Waals surface area contributed by atoms with E-state index in [0.29, 0.717) is 18.0 Å². The topological polar surface area (TPSA) is 21.3 Å². The van der Waals surface area contributed by atoms with Crippen LogP contribution in [0.15, 0.2) is 24.3 Å². The minimum atomic E-state index is -0.173. The van der Waals surface area contributed by atoms with Crippen molar-refractivity contribution >= 4 is 0 Å². The van der Waals surface area contributed by atoms with E-state index in [2.05, 4.69) is 19.2 Å². The van der Waals surface area contributed by atoms with Gasteiger partial charge in [-0.2, -0.15) is 0 Å². The van der Waals surface area contributed by atoms with Gasteiger partial charge in [0.25, 0.3) is 0 Å². The first-order valence-electron chi connectivity index (χ1n) is 6.80. The monoisotopic (exact) mass is 251 g/mol. The van der Waals surface area contributed by atoms with Crippen LogP contribution in [0.2, 0.25) is 0 Å². The number of benzene rings is 1. The molecule has 0 aliphatic carbocycles. The van der Waals surface area contributed by atoms with Crippen LogP contribution in [0.3, 0.4) is 0 Å². The van der Waals surface area contributed by atoms with Crippen LogP contribution in [0.25, 0.3) is 0 Å². The Kier molecular flexibility index (Phi) is 4.72. The standard InChI is InChI=1S/C15H22FNO/c1-3-14(12-4-6-13(16)7-5-12)17-15-8-9-18-10-11(15)2/h4-7,11,14-15,17H,3,8-10H2,1-2H3. The van der Waals surface area contributed by atoms with Crippen molar-refractivity contribution in [1.29, 1.82) is 0 Å². The molecule has 1 fully saturated rings. The minimum Gasteiger partial charge on any atom is -0.381 e. The predicted octanol–water partition coefficient (Wildman–Crippen LogP) is 3.29. The molecule has 1 aliphatic heterocycles. The second kappa shape index (κ2) is 6.30. The molecule has 1 heterocycles. The summed E-state index contributed by atoms with van der Waals surface area (Å²) in [7, 11) is 0. The van der Waals surface area contributed by atoms with Gasteiger partial charge < -0.3 is 10.1 Å². The van der Waals surface area contributed by atoms with E-state index >= 15 is 0 Å². The van der Waals surface area contributed by atoms with Gasteiger partial charge in [-0.05, 0) is 36.5 Å². The maximum Gasteiger partial charge on any atom is 0.123 e. The first kappa shape index (κ1) is 13.5. The van der Waals surface area contributed by atoms with Crippen molar-refractivity contribution in [3.8, 4) is 0 Å². The Hall–Kier alpha value is -0.930. The summed E-state index contributed by atoms with van der Waals surface area (Å²) >= 11 is 0. The van der Waals surface area contributed by atoms with E-state index in [4.69, 9.17) is 4.74 Å². The highest BCUT2D eigenvalue weighted by molar-refractivity contribution is 5.20. The molecule has 1 aromatic carbocycles. The number of hydrogen-bond acceptors (Lipinski definition) is 2. The van der Waals surface area contributed by atoms with Crippen LogP contribution >= 0.6 is 0 Å². The zero-order valence-electron chi connectivity index (χ0n) is 11.2. The predicted molar refractivity (Wildman–Crippen MR) is 71.0 cm³/mol. The van der Waals surface area contributed by atoms with Crippen molar-refractivity contribution in [1.82, 2.24) is 5.32 Å². The number of rotatable bonds is 4. The highest BCUT2D eigenvalue weighted by atomic mass is 19.1. The molecule has 3 unspecified atom stereocenters. The van der Waals surface area contributed by atoms with Gasteiger partial charge in [0.1, 0.15) is 5.82 Å². The lowest BCUT2D eigenvalue weighted by Gasteiger charge is -2.33. The fourth-order valence-electron chi connectivity index (χ4n) is 2.53. The summed E-state index contributed by atoms with van der Waals surface area (Å²) in [4.78, 5) is 0. The highest BCUT2D eigenvalue weighted by Gasteiger charge is 2.24.